The van der Waals surface area contributed by atoms with Gasteiger partial charge in [-0.1, -0.05) is 0 Å². The van der Waals surface area contributed by atoms with Crippen molar-refractivity contribution in [1.82, 2.24) is 0 Å². The Hall–Kier alpha value is -0.350. The molecule has 0 aliphatic heterocycles. The van der Waals surface area contributed by atoms with E-state index in [1.807, 2.05) is 0 Å². The first kappa shape index (κ1) is 11.7. The van der Waals surface area contributed by atoms with Crippen molar-refractivity contribution < 1.29 is 13.9 Å². The van der Waals surface area contributed by atoms with Crippen molar-refractivity contribution in [3.05, 3.63) is 0 Å². The van der Waals surface area contributed by atoms with E-state index in [0.29, 0.717) is 25.9 Å². The van der Waals surface area contributed by atoms with Crippen LogP contribution >= 0.6 is 12.4 Å². The zero-order valence-corrected chi connectivity index (χ0v) is 8.90. The van der Waals surface area contributed by atoms with Crippen molar-refractivity contribution in [2.45, 2.75) is 37.9 Å². The minimum Gasteiger partial charge on any atom is -0.465 e. The Morgan fingerprint density at radius 2 is 2.07 bits per heavy atom. The third kappa shape index (κ3) is 1.41. The molecule has 82 valence electrons. The highest BCUT2D eigenvalue weighted by Crippen LogP contribution is 2.70. The normalized spacial score (nSPS) is 39.9. The summed E-state index contributed by atoms with van der Waals surface area (Å²) in [6, 6.07) is -0.620. The molecule has 0 aromatic carbocycles. The lowest BCUT2D eigenvalue weighted by molar-refractivity contribution is -0.228. The Kier molecular flexibility index (Phi) is 2.80. The topological polar surface area (TPSA) is 52.3 Å². The van der Waals surface area contributed by atoms with Crippen LogP contribution < -0.4 is 5.73 Å². The first-order chi connectivity index (χ1) is 6.01. The standard InChI is InChI=1S/C9H14FNO2.ClH/c1-2-13-7(12)6(11)8-3-9(10,4-8)5-8;/h6H,2-5,11H2,1H3;1H/t6-,8?,9?;/m0./s1. The van der Waals surface area contributed by atoms with Crippen molar-refractivity contribution in [2.24, 2.45) is 11.1 Å². The van der Waals surface area contributed by atoms with Gasteiger partial charge in [0, 0.05) is 5.41 Å². The first-order valence-corrected chi connectivity index (χ1v) is 4.63. The lowest BCUT2D eigenvalue weighted by atomic mass is 9.40. The molecule has 0 spiro atoms. The van der Waals surface area contributed by atoms with Crippen molar-refractivity contribution in [1.29, 1.82) is 0 Å². The molecule has 14 heavy (non-hydrogen) atoms. The van der Waals surface area contributed by atoms with Crippen LogP contribution in [0.25, 0.3) is 0 Å². The third-order valence-electron chi connectivity index (χ3n) is 3.21. The summed E-state index contributed by atoms with van der Waals surface area (Å²) in [5, 5.41) is 0. The minimum absolute atomic E-state index is 0. The summed E-state index contributed by atoms with van der Waals surface area (Å²) >= 11 is 0. The molecule has 0 heterocycles. The largest absolute Gasteiger partial charge is 0.465 e. The highest BCUT2D eigenvalue weighted by atomic mass is 35.5. The predicted octanol–water partition coefficient (Wildman–Crippen LogP) is 1.19. The molecule has 3 aliphatic carbocycles. The van der Waals surface area contributed by atoms with Crippen molar-refractivity contribution in [3.8, 4) is 0 Å². The number of alkyl halides is 1. The van der Waals surface area contributed by atoms with Gasteiger partial charge >= 0.3 is 5.97 Å². The molecule has 0 saturated heterocycles. The fourth-order valence-electron chi connectivity index (χ4n) is 2.55. The number of nitrogens with two attached hydrogens (primary N) is 1. The van der Waals surface area contributed by atoms with Crippen LogP contribution in [0.5, 0.6) is 0 Å². The van der Waals surface area contributed by atoms with E-state index in [1.54, 1.807) is 6.92 Å². The van der Waals surface area contributed by atoms with Gasteiger partial charge in [0.1, 0.15) is 11.7 Å². The SMILES string of the molecule is CCOC(=O)[C@H](N)C12CC(F)(C1)C2.Cl. The average Bonchev–Trinajstić information content (AvgIpc) is 1.96. The van der Waals surface area contributed by atoms with Gasteiger partial charge in [-0.2, -0.15) is 0 Å². The Morgan fingerprint density at radius 3 is 2.43 bits per heavy atom. The Bertz CT molecular complexity index is 239. The lowest BCUT2D eigenvalue weighted by Crippen LogP contribution is -2.72. The van der Waals surface area contributed by atoms with Crippen LogP contribution in [0.4, 0.5) is 4.39 Å². The van der Waals surface area contributed by atoms with Gasteiger partial charge in [0.15, 0.2) is 0 Å². The maximum atomic E-state index is 13.1. The molecule has 3 fully saturated rings. The van der Waals surface area contributed by atoms with Crippen LogP contribution in [-0.4, -0.2) is 24.3 Å². The molecule has 1 atom stereocenters. The zero-order valence-electron chi connectivity index (χ0n) is 8.09. The van der Waals surface area contributed by atoms with Gasteiger partial charge in [0.25, 0.3) is 0 Å². The van der Waals surface area contributed by atoms with E-state index in [1.165, 1.54) is 0 Å². The van der Waals surface area contributed by atoms with Crippen LogP contribution in [0, 0.1) is 5.41 Å². The Labute approximate surface area is 88.6 Å². The quantitative estimate of drug-likeness (QED) is 0.732. The molecule has 3 nitrogen and oxygen atoms in total. The maximum absolute atomic E-state index is 13.1. The summed E-state index contributed by atoms with van der Waals surface area (Å²) in [6.45, 7) is 2.08. The molecule has 3 rings (SSSR count). The number of halogens is 2. The van der Waals surface area contributed by atoms with Crippen molar-refractivity contribution in [3.63, 3.8) is 0 Å². The number of hydrogen-bond donors (Lipinski definition) is 1. The number of esters is 1. The van der Waals surface area contributed by atoms with Gasteiger partial charge in [-0.05, 0) is 26.2 Å². The number of ether oxygens (including phenoxy) is 1. The molecule has 2 bridgehead atoms. The van der Waals surface area contributed by atoms with Gasteiger partial charge in [0.05, 0.1) is 6.61 Å². The molecular formula is C9H15ClFNO2. The molecule has 3 saturated carbocycles. The van der Waals surface area contributed by atoms with E-state index in [-0.39, 0.29) is 23.8 Å². The summed E-state index contributed by atoms with van der Waals surface area (Å²) in [7, 11) is 0. The first-order valence-electron chi connectivity index (χ1n) is 4.63. The average molecular weight is 224 g/mol. The fourth-order valence-corrected chi connectivity index (χ4v) is 2.55. The minimum atomic E-state index is -0.996. The van der Waals surface area contributed by atoms with E-state index in [0.717, 1.165) is 0 Å². The summed E-state index contributed by atoms with van der Waals surface area (Å²) in [6.07, 6.45) is 1.33. The van der Waals surface area contributed by atoms with Crippen LogP contribution in [0.2, 0.25) is 0 Å². The van der Waals surface area contributed by atoms with Gasteiger partial charge in [-0.15, -0.1) is 12.4 Å². The highest BCUT2D eigenvalue weighted by Gasteiger charge is 2.72. The van der Waals surface area contributed by atoms with Gasteiger partial charge in [-0.3, -0.25) is 4.79 Å². The van der Waals surface area contributed by atoms with E-state index >= 15 is 0 Å². The summed E-state index contributed by atoms with van der Waals surface area (Å²) in [5.41, 5.74) is 4.44. The summed E-state index contributed by atoms with van der Waals surface area (Å²) in [5.74, 6) is -0.385. The summed E-state index contributed by atoms with van der Waals surface area (Å²) < 4.78 is 17.9. The molecule has 0 unspecified atom stereocenters. The van der Waals surface area contributed by atoms with E-state index in [9.17, 15) is 9.18 Å². The van der Waals surface area contributed by atoms with E-state index in [2.05, 4.69) is 0 Å². The van der Waals surface area contributed by atoms with Gasteiger partial charge in [0.2, 0.25) is 0 Å². The van der Waals surface area contributed by atoms with Gasteiger partial charge < -0.3 is 10.5 Å². The Morgan fingerprint density at radius 1 is 1.57 bits per heavy atom. The smallest absolute Gasteiger partial charge is 0.323 e. The molecule has 5 heteroatoms. The number of hydrogen-bond acceptors (Lipinski definition) is 3. The molecule has 0 aromatic rings. The van der Waals surface area contributed by atoms with Crippen LogP contribution in [0.1, 0.15) is 26.2 Å². The monoisotopic (exact) mass is 223 g/mol. The second-order valence-electron chi connectivity index (χ2n) is 4.27. The molecule has 0 aromatic heterocycles. The number of rotatable bonds is 3. The molecule has 0 amide bonds. The predicted molar refractivity (Wildman–Crippen MR) is 52.0 cm³/mol. The van der Waals surface area contributed by atoms with E-state index in [4.69, 9.17) is 10.5 Å². The molecule has 2 N–H and O–H groups in total. The molecular weight excluding hydrogens is 209 g/mol. The van der Waals surface area contributed by atoms with Crippen molar-refractivity contribution in [2.75, 3.05) is 6.61 Å². The number of carbonyl (C=O) groups is 1. The van der Waals surface area contributed by atoms with E-state index < -0.39 is 11.7 Å². The van der Waals surface area contributed by atoms with Gasteiger partial charge in [-0.25, -0.2) is 4.39 Å². The summed E-state index contributed by atoms with van der Waals surface area (Å²) in [4.78, 5) is 11.2. The Balaban J connectivity index is 0.000000980. The second-order valence-corrected chi connectivity index (χ2v) is 4.27. The molecule has 0 radical (unpaired) electrons. The third-order valence-corrected chi connectivity index (χ3v) is 3.21. The maximum Gasteiger partial charge on any atom is 0.323 e. The van der Waals surface area contributed by atoms with Crippen molar-refractivity contribution >= 4 is 18.4 Å². The zero-order chi connectivity index (χ0) is 9.69. The molecule has 3 aliphatic rings. The second kappa shape index (κ2) is 3.35. The van der Waals surface area contributed by atoms with Crippen LogP contribution in [0.15, 0.2) is 0 Å². The fraction of sp³-hybridized carbons (Fsp3) is 0.889. The lowest BCUT2D eigenvalue weighted by Gasteiger charge is -2.67. The van der Waals surface area contributed by atoms with Crippen LogP contribution in [-0.2, 0) is 9.53 Å². The van der Waals surface area contributed by atoms with Crippen LogP contribution in [0.3, 0.4) is 0 Å². The highest BCUT2D eigenvalue weighted by molar-refractivity contribution is 5.85. The number of carbonyl (C=O) groups excluding carboxylic acids is 1.